The van der Waals surface area contributed by atoms with Gasteiger partial charge in [-0.25, -0.2) is 0 Å². The molecular weight excluding hydrogens is 133 g/mol. The van der Waals surface area contributed by atoms with Gasteiger partial charge in [0.05, 0.1) is 0 Å². The third-order valence-corrected chi connectivity index (χ3v) is 2.39. The molecule has 60 valence electrons. The lowest BCUT2D eigenvalue weighted by atomic mass is 9.43. The Morgan fingerprint density at radius 1 is 1.36 bits per heavy atom. The minimum absolute atomic E-state index is 0.745. The summed E-state index contributed by atoms with van der Waals surface area (Å²) in [5.74, 6) is 0. The van der Waals surface area contributed by atoms with Gasteiger partial charge in [0.1, 0.15) is 0 Å². The first-order chi connectivity index (χ1) is 5.29. The fraction of sp³-hybridized carbons (Fsp3) is 0.556. The Balaban J connectivity index is 2.81. The smallest absolute Gasteiger partial charge is 0.196 e. The topological polar surface area (TPSA) is 4.93 Å². The summed E-state index contributed by atoms with van der Waals surface area (Å²) in [4.78, 5) is 0. The fourth-order valence-corrected chi connectivity index (χ4v) is 1.61. The highest BCUT2D eigenvalue weighted by Crippen LogP contribution is 1.99. The SMILES string of the molecule is CCB(CC)c1cccn1C. The fourth-order valence-electron chi connectivity index (χ4n) is 1.61. The van der Waals surface area contributed by atoms with Gasteiger partial charge in [-0.1, -0.05) is 32.6 Å². The minimum Gasteiger partial charge on any atom is -0.363 e. The van der Waals surface area contributed by atoms with E-state index in [1.165, 1.54) is 18.2 Å². The van der Waals surface area contributed by atoms with E-state index < -0.39 is 0 Å². The Kier molecular flexibility index (Phi) is 2.80. The molecule has 0 spiro atoms. The van der Waals surface area contributed by atoms with Crippen LogP contribution < -0.4 is 5.59 Å². The number of nitrogens with zero attached hydrogens (tertiary/aromatic N) is 1. The third-order valence-electron chi connectivity index (χ3n) is 2.39. The molecule has 0 bridgehead atoms. The van der Waals surface area contributed by atoms with Gasteiger partial charge in [0.15, 0.2) is 6.71 Å². The molecule has 0 saturated heterocycles. The molecule has 1 nitrogen and oxygen atoms in total. The van der Waals surface area contributed by atoms with Crippen molar-refractivity contribution in [3.8, 4) is 0 Å². The minimum atomic E-state index is 0.745. The van der Waals surface area contributed by atoms with Crippen LogP contribution in [0.5, 0.6) is 0 Å². The van der Waals surface area contributed by atoms with Gasteiger partial charge in [-0.05, 0) is 11.7 Å². The van der Waals surface area contributed by atoms with Gasteiger partial charge in [-0.2, -0.15) is 0 Å². The first kappa shape index (κ1) is 8.44. The maximum atomic E-state index is 2.25. The number of rotatable bonds is 3. The predicted octanol–water partition coefficient (Wildman–Crippen LogP) is 1.77. The Morgan fingerprint density at radius 2 is 2.00 bits per heavy atom. The Morgan fingerprint density at radius 3 is 2.36 bits per heavy atom. The van der Waals surface area contributed by atoms with Crippen LogP contribution in [-0.4, -0.2) is 11.3 Å². The summed E-state index contributed by atoms with van der Waals surface area (Å²) in [5.41, 5.74) is 1.47. The number of hydrogen-bond donors (Lipinski definition) is 0. The molecule has 1 heterocycles. The van der Waals surface area contributed by atoms with Crippen LogP contribution in [0.3, 0.4) is 0 Å². The molecule has 11 heavy (non-hydrogen) atoms. The average molecular weight is 149 g/mol. The molecular formula is C9H16BN. The van der Waals surface area contributed by atoms with Crippen LogP contribution in [0.1, 0.15) is 13.8 Å². The van der Waals surface area contributed by atoms with Gasteiger partial charge in [0, 0.05) is 13.2 Å². The van der Waals surface area contributed by atoms with Crippen molar-refractivity contribution in [3.63, 3.8) is 0 Å². The quantitative estimate of drug-likeness (QED) is 0.577. The molecule has 0 atom stereocenters. The van der Waals surface area contributed by atoms with Gasteiger partial charge in [-0.15, -0.1) is 0 Å². The maximum absolute atomic E-state index is 2.25. The lowest BCUT2D eigenvalue weighted by Crippen LogP contribution is -2.33. The number of aromatic nitrogens is 1. The van der Waals surface area contributed by atoms with E-state index in [1.54, 1.807) is 0 Å². The van der Waals surface area contributed by atoms with Crippen LogP contribution in [0.25, 0.3) is 0 Å². The molecule has 0 unspecified atom stereocenters. The molecule has 0 amide bonds. The van der Waals surface area contributed by atoms with Crippen LogP contribution >= 0.6 is 0 Å². The van der Waals surface area contributed by atoms with Crippen LogP contribution in [0.2, 0.25) is 12.6 Å². The second kappa shape index (κ2) is 3.65. The van der Waals surface area contributed by atoms with E-state index in [0.29, 0.717) is 0 Å². The maximum Gasteiger partial charge on any atom is 0.196 e. The van der Waals surface area contributed by atoms with Crippen molar-refractivity contribution in [2.45, 2.75) is 26.5 Å². The van der Waals surface area contributed by atoms with Crippen molar-refractivity contribution in [2.75, 3.05) is 0 Å². The standard InChI is InChI=1S/C9H16BN/c1-4-10(5-2)9-7-6-8-11(9)3/h6-8H,4-5H2,1-3H3. The van der Waals surface area contributed by atoms with Crippen molar-refractivity contribution in [3.05, 3.63) is 18.3 Å². The van der Waals surface area contributed by atoms with Crippen molar-refractivity contribution in [1.29, 1.82) is 0 Å². The normalized spacial score (nSPS) is 10.1. The Bertz CT molecular complexity index is 213. The molecule has 0 aliphatic heterocycles. The van der Waals surface area contributed by atoms with Gasteiger partial charge in [0.2, 0.25) is 0 Å². The molecule has 0 aliphatic carbocycles. The van der Waals surface area contributed by atoms with Crippen molar-refractivity contribution < 1.29 is 0 Å². The number of aryl methyl sites for hydroxylation is 1. The molecule has 1 rings (SSSR count). The summed E-state index contributed by atoms with van der Waals surface area (Å²) >= 11 is 0. The lowest BCUT2D eigenvalue weighted by molar-refractivity contribution is 0.952. The van der Waals surface area contributed by atoms with Crippen molar-refractivity contribution >= 4 is 12.3 Å². The molecule has 0 saturated carbocycles. The molecule has 0 N–H and O–H groups in total. The van der Waals surface area contributed by atoms with E-state index >= 15 is 0 Å². The highest BCUT2D eigenvalue weighted by molar-refractivity contribution is 6.72. The third kappa shape index (κ3) is 1.68. The van der Waals surface area contributed by atoms with Crippen LogP contribution in [0.15, 0.2) is 18.3 Å². The van der Waals surface area contributed by atoms with Crippen LogP contribution in [0.4, 0.5) is 0 Å². The largest absolute Gasteiger partial charge is 0.363 e. The van der Waals surface area contributed by atoms with Crippen LogP contribution in [-0.2, 0) is 7.05 Å². The molecule has 2 heteroatoms. The molecule has 0 aromatic carbocycles. The molecule has 1 aromatic rings. The van der Waals surface area contributed by atoms with Crippen LogP contribution in [0, 0.1) is 0 Å². The van der Waals surface area contributed by atoms with E-state index in [4.69, 9.17) is 0 Å². The molecule has 1 aromatic heterocycles. The van der Waals surface area contributed by atoms with Crippen molar-refractivity contribution in [2.24, 2.45) is 7.05 Å². The zero-order valence-electron chi connectivity index (χ0n) is 7.67. The second-order valence-corrected chi connectivity index (χ2v) is 3.06. The highest BCUT2D eigenvalue weighted by Gasteiger charge is 2.13. The Labute approximate surface area is 69.5 Å². The monoisotopic (exact) mass is 149 g/mol. The van der Waals surface area contributed by atoms with E-state index in [-0.39, 0.29) is 0 Å². The van der Waals surface area contributed by atoms with Gasteiger partial charge in [-0.3, -0.25) is 0 Å². The Hall–Kier alpha value is -0.655. The van der Waals surface area contributed by atoms with E-state index in [1.807, 2.05) is 0 Å². The first-order valence-electron chi connectivity index (χ1n) is 4.40. The predicted molar refractivity (Wildman–Crippen MR) is 51.8 cm³/mol. The zero-order valence-corrected chi connectivity index (χ0v) is 7.67. The van der Waals surface area contributed by atoms with E-state index in [9.17, 15) is 0 Å². The summed E-state index contributed by atoms with van der Waals surface area (Å²) in [6.07, 6.45) is 4.61. The summed E-state index contributed by atoms with van der Waals surface area (Å²) in [7, 11) is 2.12. The molecule has 0 fully saturated rings. The summed E-state index contributed by atoms with van der Waals surface area (Å²) < 4.78 is 2.22. The van der Waals surface area contributed by atoms with Gasteiger partial charge in [0.25, 0.3) is 0 Å². The lowest BCUT2D eigenvalue weighted by Gasteiger charge is -2.09. The van der Waals surface area contributed by atoms with Crippen molar-refractivity contribution in [1.82, 2.24) is 4.57 Å². The second-order valence-electron chi connectivity index (χ2n) is 3.06. The zero-order chi connectivity index (χ0) is 8.27. The van der Waals surface area contributed by atoms with Gasteiger partial charge < -0.3 is 4.57 Å². The summed E-state index contributed by atoms with van der Waals surface area (Å²) in [5, 5.41) is 0. The summed E-state index contributed by atoms with van der Waals surface area (Å²) in [6, 6.07) is 4.34. The van der Waals surface area contributed by atoms with E-state index in [0.717, 1.165) is 6.71 Å². The molecule has 0 radical (unpaired) electrons. The number of hydrogen-bond acceptors (Lipinski definition) is 0. The highest BCUT2D eigenvalue weighted by atomic mass is 14.9. The molecule has 0 aliphatic rings. The van der Waals surface area contributed by atoms with Gasteiger partial charge >= 0.3 is 0 Å². The average Bonchev–Trinajstić information content (AvgIpc) is 2.40. The summed E-state index contributed by atoms with van der Waals surface area (Å²) in [6.45, 7) is 5.25. The van der Waals surface area contributed by atoms with E-state index in [2.05, 4.69) is 43.8 Å². The first-order valence-corrected chi connectivity index (χ1v) is 4.40.